The number of ether oxygens (including phenoxy) is 1. The maximum atomic E-state index is 5.51. The van der Waals surface area contributed by atoms with Crippen LogP contribution < -0.4 is 5.32 Å². The van der Waals surface area contributed by atoms with E-state index in [1.54, 1.807) is 0 Å². The lowest BCUT2D eigenvalue weighted by Crippen LogP contribution is -2.17. The Balaban J connectivity index is 2.16. The van der Waals surface area contributed by atoms with Gasteiger partial charge in [0.1, 0.15) is 0 Å². The molecule has 0 unspecified atom stereocenters. The molecule has 2 nitrogen and oxygen atoms in total. The smallest absolute Gasteiger partial charge is 0.0518 e. The van der Waals surface area contributed by atoms with Gasteiger partial charge in [-0.05, 0) is 50.3 Å². The third kappa shape index (κ3) is 8.02. The molecule has 2 heteroatoms. The summed E-state index contributed by atoms with van der Waals surface area (Å²) in [4.78, 5) is 0. The highest BCUT2D eigenvalue weighted by Crippen LogP contribution is 2.09. The van der Waals surface area contributed by atoms with Gasteiger partial charge in [0.15, 0.2) is 0 Å². The second kappa shape index (κ2) is 9.11. The van der Waals surface area contributed by atoms with Crippen LogP contribution in [0.4, 0.5) is 0 Å². The Hall–Kier alpha value is -0.860. The number of nitrogens with one attached hydrogen (secondary N) is 1. The summed E-state index contributed by atoms with van der Waals surface area (Å²) in [6, 6.07) is 8.96. The van der Waals surface area contributed by atoms with Gasteiger partial charge in [0, 0.05) is 13.2 Å². The molecule has 0 atom stereocenters. The maximum Gasteiger partial charge on any atom is 0.0518 e. The lowest BCUT2D eigenvalue weighted by molar-refractivity contribution is 0.0770. The van der Waals surface area contributed by atoms with E-state index in [1.807, 2.05) is 0 Å². The van der Waals surface area contributed by atoms with Crippen molar-refractivity contribution < 1.29 is 4.74 Å². The van der Waals surface area contributed by atoms with Gasteiger partial charge in [0.25, 0.3) is 0 Å². The van der Waals surface area contributed by atoms with Gasteiger partial charge in [-0.1, -0.05) is 38.1 Å². The molecule has 0 amide bonds. The lowest BCUT2D eigenvalue weighted by atomic mass is 10.0. The minimum atomic E-state index is 0.341. The average Bonchev–Trinajstić information content (AvgIpc) is 2.34. The molecule has 1 rings (SSSR count). The van der Waals surface area contributed by atoms with Crippen LogP contribution in [-0.4, -0.2) is 19.3 Å². The van der Waals surface area contributed by atoms with Crippen molar-refractivity contribution in [3.05, 3.63) is 35.4 Å². The fourth-order valence-electron chi connectivity index (χ4n) is 2.01. The minimum absolute atomic E-state index is 0.341. The van der Waals surface area contributed by atoms with E-state index in [-0.39, 0.29) is 0 Å². The van der Waals surface area contributed by atoms with E-state index in [0.29, 0.717) is 6.10 Å². The fourth-order valence-corrected chi connectivity index (χ4v) is 2.01. The van der Waals surface area contributed by atoms with Gasteiger partial charge in [-0.15, -0.1) is 0 Å². The molecule has 1 aromatic carbocycles. The Labute approximate surface area is 118 Å². The molecule has 1 N–H and O–H groups in total. The average molecular weight is 263 g/mol. The summed E-state index contributed by atoms with van der Waals surface area (Å²) in [6.45, 7) is 11.5. The first-order valence-corrected chi connectivity index (χ1v) is 7.48. The molecule has 0 saturated carbocycles. The topological polar surface area (TPSA) is 21.3 Å². The molecule has 108 valence electrons. The standard InChI is InChI=1S/C17H29NO/c1-14(2)12-16-6-8-17(9-7-16)13-18-10-5-11-19-15(3)4/h6-9,14-15,18H,5,10-13H2,1-4H3. The van der Waals surface area contributed by atoms with Gasteiger partial charge in [0.2, 0.25) is 0 Å². The minimum Gasteiger partial charge on any atom is -0.379 e. The highest BCUT2D eigenvalue weighted by Gasteiger charge is 1.98. The Kier molecular flexibility index (Phi) is 7.76. The molecule has 0 spiro atoms. The second-order valence-corrected chi connectivity index (χ2v) is 5.86. The van der Waals surface area contributed by atoms with E-state index >= 15 is 0 Å². The van der Waals surface area contributed by atoms with Crippen LogP contribution in [0.2, 0.25) is 0 Å². The SMILES string of the molecule is CC(C)Cc1ccc(CNCCCOC(C)C)cc1. The first-order valence-electron chi connectivity index (χ1n) is 7.48. The van der Waals surface area contributed by atoms with Crippen LogP contribution in [0.25, 0.3) is 0 Å². The summed E-state index contributed by atoms with van der Waals surface area (Å²) in [7, 11) is 0. The predicted molar refractivity (Wildman–Crippen MR) is 82.4 cm³/mol. The van der Waals surface area contributed by atoms with Crippen molar-refractivity contribution in [3.63, 3.8) is 0 Å². The van der Waals surface area contributed by atoms with Crippen molar-refractivity contribution >= 4 is 0 Å². The van der Waals surface area contributed by atoms with Crippen LogP contribution in [0.15, 0.2) is 24.3 Å². The Bertz CT molecular complexity index is 330. The first-order chi connectivity index (χ1) is 9.08. The summed E-state index contributed by atoms with van der Waals surface area (Å²) in [5, 5.41) is 3.46. The summed E-state index contributed by atoms with van der Waals surface area (Å²) in [5.41, 5.74) is 2.79. The zero-order chi connectivity index (χ0) is 14.1. The van der Waals surface area contributed by atoms with Crippen molar-refractivity contribution in [2.75, 3.05) is 13.2 Å². The Morgan fingerprint density at radius 2 is 1.63 bits per heavy atom. The monoisotopic (exact) mass is 263 g/mol. The molecule has 0 saturated heterocycles. The van der Waals surface area contributed by atoms with E-state index in [0.717, 1.165) is 32.0 Å². The molecule has 1 aromatic rings. The molecule has 0 aliphatic rings. The summed E-state index contributed by atoms with van der Waals surface area (Å²) >= 11 is 0. The quantitative estimate of drug-likeness (QED) is 0.684. The molecule has 0 heterocycles. The third-order valence-electron chi connectivity index (χ3n) is 2.95. The van der Waals surface area contributed by atoms with Crippen LogP contribution in [0.3, 0.4) is 0 Å². The van der Waals surface area contributed by atoms with Crippen molar-refractivity contribution in [1.29, 1.82) is 0 Å². The largest absolute Gasteiger partial charge is 0.379 e. The van der Waals surface area contributed by atoms with Gasteiger partial charge in [0.05, 0.1) is 6.10 Å². The fraction of sp³-hybridized carbons (Fsp3) is 0.647. The third-order valence-corrected chi connectivity index (χ3v) is 2.95. The van der Waals surface area contributed by atoms with Crippen LogP contribution in [0.5, 0.6) is 0 Å². The van der Waals surface area contributed by atoms with Crippen molar-refractivity contribution in [2.45, 2.75) is 53.2 Å². The normalized spacial score (nSPS) is 11.5. The second-order valence-electron chi connectivity index (χ2n) is 5.86. The van der Waals surface area contributed by atoms with E-state index in [1.165, 1.54) is 17.5 Å². The highest BCUT2D eigenvalue weighted by molar-refractivity contribution is 5.22. The molecule has 0 aliphatic carbocycles. The van der Waals surface area contributed by atoms with E-state index in [2.05, 4.69) is 57.3 Å². The molecule has 0 aliphatic heterocycles. The molecule has 0 aromatic heterocycles. The molecular weight excluding hydrogens is 234 g/mol. The first kappa shape index (κ1) is 16.2. The zero-order valence-corrected chi connectivity index (χ0v) is 12.9. The highest BCUT2D eigenvalue weighted by atomic mass is 16.5. The van der Waals surface area contributed by atoms with Crippen LogP contribution in [0.1, 0.15) is 45.2 Å². The molecule has 0 radical (unpaired) electrons. The number of hydrogen-bond donors (Lipinski definition) is 1. The van der Waals surface area contributed by atoms with Crippen molar-refractivity contribution in [2.24, 2.45) is 5.92 Å². The summed E-state index contributed by atoms with van der Waals surface area (Å²) in [6.07, 6.45) is 2.58. The van der Waals surface area contributed by atoms with Gasteiger partial charge < -0.3 is 10.1 Å². The van der Waals surface area contributed by atoms with E-state index < -0.39 is 0 Å². The summed E-state index contributed by atoms with van der Waals surface area (Å²) in [5.74, 6) is 0.727. The predicted octanol–water partition coefficient (Wildman–Crippen LogP) is 3.79. The zero-order valence-electron chi connectivity index (χ0n) is 12.9. The molecule has 0 fully saturated rings. The summed E-state index contributed by atoms with van der Waals surface area (Å²) < 4.78 is 5.51. The number of benzene rings is 1. The number of hydrogen-bond acceptors (Lipinski definition) is 2. The molecule has 0 bridgehead atoms. The lowest BCUT2D eigenvalue weighted by Gasteiger charge is -2.09. The van der Waals surface area contributed by atoms with Gasteiger partial charge >= 0.3 is 0 Å². The van der Waals surface area contributed by atoms with Crippen molar-refractivity contribution in [1.82, 2.24) is 5.32 Å². The Morgan fingerprint density at radius 1 is 1.00 bits per heavy atom. The van der Waals surface area contributed by atoms with E-state index in [4.69, 9.17) is 4.74 Å². The number of rotatable bonds is 9. The van der Waals surface area contributed by atoms with Crippen molar-refractivity contribution in [3.8, 4) is 0 Å². The Morgan fingerprint density at radius 3 is 2.21 bits per heavy atom. The van der Waals surface area contributed by atoms with Gasteiger partial charge in [-0.25, -0.2) is 0 Å². The van der Waals surface area contributed by atoms with Crippen LogP contribution in [0, 0.1) is 5.92 Å². The van der Waals surface area contributed by atoms with E-state index in [9.17, 15) is 0 Å². The molecule has 19 heavy (non-hydrogen) atoms. The maximum absolute atomic E-state index is 5.51. The van der Waals surface area contributed by atoms with Gasteiger partial charge in [-0.3, -0.25) is 0 Å². The van der Waals surface area contributed by atoms with Crippen LogP contribution in [-0.2, 0) is 17.7 Å². The van der Waals surface area contributed by atoms with Crippen LogP contribution >= 0.6 is 0 Å². The van der Waals surface area contributed by atoms with Gasteiger partial charge in [-0.2, -0.15) is 0 Å². The molecular formula is C17H29NO.